The topological polar surface area (TPSA) is 116 Å². The van der Waals surface area contributed by atoms with Gasteiger partial charge in [0.15, 0.2) is 23.3 Å². The Bertz CT molecular complexity index is 8590. The van der Waals surface area contributed by atoms with Gasteiger partial charge in [0.2, 0.25) is 0 Å². The molecule has 0 saturated heterocycles. The van der Waals surface area contributed by atoms with Crippen LogP contribution < -0.4 is 13.4 Å². The van der Waals surface area contributed by atoms with Gasteiger partial charge in [-0.2, -0.15) is 0 Å². The summed E-state index contributed by atoms with van der Waals surface area (Å²) in [5.74, 6) is 5.84. The van der Waals surface area contributed by atoms with Gasteiger partial charge in [0.05, 0.1) is 0 Å². The van der Waals surface area contributed by atoms with Crippen LogP contribution in [0.2, 0.25) is 0 Å². The van der Waals surface area contributed by atoms with E-state index in [-0.39, 0.29) is 0 Å². The predicted octanol–water partition coefficient (Wildman–Crippen LogP) is 28.7. The van der Waals surface area contributed by atoms with E-state index >= 15 is 0 Å². The molecule has 0 unspecified atom stereocenters. The summed E-state index contributed by atoms with van der Waals surface area (Å²) in [6, 6.07) is 177. The summed E-state index contributed by atoms with van der Waals surface area (Å²) >= 11 is 8.26. The van der Waals surface area contributed by atoms with E-state index in [4.69, 9.17) is 44.9 Å². The van der Waals surface area contributed by atoms with Crippen molar-refractivity contribution in [2.45, 2.75) is 0 Å². The molecule has 0 aliphatic rings. The van der Waals surface area contributed by atoms with Crippen molar-refractivity contribution in [3.63, 3.8) is 0 Å². The van der Waals surface area contributed by atoms with Gasteiger partial charge in [-0.05, 0) is 28.3 Å². The van der Waals surface area contributed by atoms with Gasteiger partial charge in [-0.1, -0.05) is 176 Å². The second kappa shape index (κ2) is 41.1. The number of hydrogen-bond donors (Lipinski definition) is 0. The third-order valence-corrected chi connectivity index (χ3v) is 28.2. The van der Waals surface area contributed by atoms with Crippen LogP contribution in [0.3, 0.4) is 0 Å². The second-order valence-corrected chi connectivity index (χ2v) is 37.2. The third-order valence-electron chi connectivity index (χ3n) is 25.4. The number of fused-ring (bicyclic) bond motifs is 3. The van der Waals surface area contributed by atoms with Crippen molar-refractivity contribution in [3.8, 4) is 203 Å². The van der Waals surface area contributed by atoms with Crippen molar-refractivity contribution in [2.24, 2.45) is 0 Å². The molecule has 0 saturated carbocycles. The number of nitrogens with zero attached hydrogens (tertiary/aromatic N) is 9. The molecule has 24 aromatic rings. The van der Waals surface area contributed by atoms with Crippen LogP contribution in [0.4, 0.5) is 0 Å². The van der Waals surface area contributed by atoms with Gasteiger partial charge < -0.3 is 0 Å². The van der Waals surface area contributed by atoms with E-state index in [0.717, 1.165) is 99.3 Å². The van der Waals surface area contributed by atoms with E-state index in [1.807, 2.05) is 133 Å². The van der Waals surface area contributed by atoms with E-state index in [2.05, 4.69) is 424 Å². The first kappa shape index (κ1) is 89.2. The minimum absolute atomic E-state index is 0.642. The molecule has 0 amide bonds. The van der Waals surface area contributed by atoms with Gasteiger partial charge in [-0.15, -0.1) is 0 Å². The molecule has 0 N–H and O–H groups in total. The van der Waals surface area contributed by atoms with Crippen LogP contribution >= 0.6 is 0 Å². The fourth-order valence-corrected chi connectivity index (χ4v) is 20.6. The summed E-state index contributed by atoms with van der Waals surface area (Å²) in [4.78, 5) is 45.0. The fraction of sp³-hybridized carbons (Fsp3) is 0. The van der Waals surface area contributed by atoms with Crippen molar-refractivity contribution in [3.05, 3.63) is 510 Å². The number of aromatic nitrogens is 9. The van der Waals surface area contributed by atoms with Crippen LogP contribution in [0, 0.1) is 0 Å². The molecule has 24 rings (SSSR count). The molecule has 21 aromatic carbocycles. The Hall–Kier alpha value is -17.0. The number of hydrogen-bond acceptors (Lipinski definition) is 9. The Balaban J connectivity index is 0.000000121. The van der Waals surface area contributed by atoms with Crippen LogP contribution in [0.15, 0.2) is 510 Å². The Morgan fingerprint density at radius 2 is 0.369 bits per heavy atom. The quantitative estimate of drug-likeness (QED) is 0.0774. The van der Waals surface area contributed by atoms with Gasteiger partial charge in [0.1, 0.15) is 0 Å². The molecule has 3 heterocycles. The molecule has 9 nitrogen and oxygen atoms in total. The molecule has 0 aliphatic carbocycles. The first-order valence-corrected chi connectivity index (χ1v) is 49.6. The summed E-state index contributed by atoms with van der Waals surface area (Å²) in [6.45, 7) is 0. The molecule has 666 valence electrons. The molecule has 0 atom stereocenters. The Labute approximate surface area is 843 Å². The van der Waals surface area contributed by atoms with Crippen LogP contribution in [-0.2, 0) is 0 Å². The summed E-state index contributed by atoms with van der Waals surface area (Å²) in [5, 5.41) is 6.88. The standard InChI is InChI=1S/3C43H29N3Se/c47-40-35(29-13-4-1-5-14-29)20-11-21-36(40)31-27-25-30(26-28-31)34-19-10-23-38-37(34)22-12-24-39(38)43-45-41(32-15-6-2-7-16-32)44-42(46-43)33-17-8-3-9-18-33;47-40-36(31-14-6-2-7-15-31)19-11-21-38(40)37-20-10-18-32-24-27-35(28-39(32)37)43-45-41(33-16-8-3-9-17-33)44-42(46-43)34-25-22-30(23-26-34)29-12-4-1-5-13-29;47-40-23-8-7-21-39(40)34-18-10-17-32(27-34)37-22-11-19-33-28-36(24-25-38(33)37)43-45-41(30-14-5-2-6-15-30)44-42(46-43)35-20-9-16-31(26-35)29-12-3-1-4-13-29/h3*1-28,47H. The second-order valence-electron chi connectivity index (χ2n) is 34.3. The first-order chi connectivity index (χ1) is 69.6. The maximum absolute atomic E-state index is 5.06. The minimum atomic E-state index is 0.642. The zero-order valence-electron chi connectivity index (χ0n) is 76.4. The van der Waals surface area contributed by atoms with E-state index < -0.39 is 0 Å². The monoisotopic (exact) mass is 2000 g/mol. The molecule has 3 aromatic heterocycles. The van der Waals surface area contributed by atoms with Crippen LogP contribution in [0.1, 0.15) is 0 Å². The van der Waals surface area contributed by atoms with E-state index in [1.54, 1.807) is 0 Å². The molecule has 12 heteroatoms. The Morgan fingerprint density at radius 3 is 0.858 bits per heavy atom. The summed E-state index contributed by atoms with van der Waals surface area (Å²) in [5.41, 5.74) is 29.9. The zero-order valence-corrected chi connectivity index (χ0v) is 82.0. The summed E-state index contributed by atoms with van der Waals surface area (Å²) < 4.78 is 3.62. The average Bonchev–Trinajstić information content (AvgIpc) is 0.775. The maximum atomic E-state index is 5.06. The normalized spacial score (nSPS) is 11.1. The fourth-order valence-electron chi connectivity index (χ4n) is 18.3. The molecular weight excluding hydrogens is 1910 g/mol. The van der Waals surface area contributed by atoms with E-state index in [9.17, 15) is 0 Å². The van der Waals surface area contributed by atoms with Gasteiger partial charge in [-0.25, -0.2) is 9.97 Å². The molecule has 0 fully saturated rings. The molecule has 0 bridgehead atoms. The third kappa shape index (κ3) is 19.5. The van der Waals surface area contributed by atoms with E-state index in [1.165, 1.54) is 96.7 Å². The molecule has 0 spiro atoms. The van der Waals surface area contributed by atoms with Gasteiger partial charge in [-0.3, -0.25) is 0 Å². The zero-order chi connectivity index (χ0) is 94.7. The Morgan fingerprint density at radius 1 is 0.113 bits per heavy atom. The first-order valence-electron chi connectivity index (χ1n) is 46.8. The van der Waals surface area contributed by atoms with Crippen molar-refractivity contribution in [1.82, 2.24) is 44.9 Å². The van der Waals surface area contributed by atoms with E-state index in [0.29, 0.717) is 52.4 Å². The van der Waals surface area contributed by atoms with Crippen molar-refractivity contribution < 1.29 is 0 Å². The predicted molar refractivity (Wildman–Crippen MR) is 590 cm³/mol. The van der Waals surface area contributed by atoms with Crippen molar-refractivity contribution in [2.75, 3.05) is 0 Å². The van der Waals surface area contributed by atoms with Gasteiger partial charge in [0, 0.05) is 22.3 Å². The van der Waals surface area contributed by atoms with Crippen LogP contribution in [0.25, 0.3) is 235 Å². The Kier molecular flexibility index (Phi) is 26.0. The van der Waals surface area contributed by atoms with Crippen LogP contribution in [0.5, 0.6) is 0 Å². The number of benzene rings is 21. The summed E-state index contributed by atoms with van der Waals surface area (Å²) in [7, 11) is 0. The van der Waals surface area contributed by atoms with Crippen molar-refractivity contribution >= 4 is 93.7 Å². The molecule has 0 radical (unpaired) electrons. The van der Waals surface area contributed by atoms with Crippen molar-refractivity contribution in [1.29, 1.82) is 0 Å². The molecular formula is C129H87N9Se3. The van der Waals surface area contributed by atoms with Gasteiger partial charge >= 0.3 is 591 Å². The molecule has 141 heavy (non-hydrogen) atoms. The SMILES string of the molecule is [SeH]c1c(-c2ccccc2)cccc1-c1ccc(-c2cccc3c(-c4nc(-c5ccccc5)nc(-c5ccccc5)n4)cccc23)cc1.[SeH]c1c(-c2ccccc2)cccc1-c1cccc2ccc(-c3nc(-c4ccccc4)nc(-c4ccc(-c5ccccc5)cc4)n3)cc12.[SeH]c1ccccc1-c1cccc(-c2cccc3cc(-c4nc(-c5ccccc5)nc(-c5cccc(-c6ccccc6)c5)n4)ccc23)c1. The van der Waals surface area contributed by atoms with Gasteiger partial charge in [0.25, 0.3) is 0 Å². The van der Waals surface area contributed by atoms with Crippen LogP contribution in [-0.4, -0.2) is 92.9 Å². The summed E-state index contributed by atoms with van der Waals surface area (Å²) in [6.07, 6.45) is 0. The molecule has 0 aliphatic heterocycles. The number of rotatable bonds is 18. The average molecular weight is 2000 g/mol.